The van der Waals surface area contributed by atoms with Crippen molar-refractivity contribution in [3.8, 4) is 0 Å². The molecule has 26 heavy (non-hydrogen) atoms. The molecule has 2 amide bonds. The largest absolute Gasteiger partial charge is 0.336 e. The normalized spacial score (nSPS) is 15.0. The molecule has 2 aromatic rings. The summed E-state index contributed by atoms with van der Waals surface area (Å²) in [5, 5.41) is 2.56. The van der Waals surface area contributed by atoms with E-state index in [1.54, 1.807) is 29.2 Å². The maximum atomic E-state index is 13.2. The van der Waals surface area contributed by atoms with Crippen molar-refractivity contribution in [3.05, 3.63) is 65.2 Å². The van der Waals surface area contributed by atoms with Gasteiger partial charge in [0.1, 0.15) is 11.6 Å². The van der Waals surface area contributed by atoms with Crippen LogP contribution in [-0.4, -0.2) is 54.8 Å². The molecule has 7 heteroatoms. The van der Waals surface area contributed by atoms with Crippen molar-refractivity contribution in [2.75, 3.05) is 38.5 Å². The second kappa shape index (κ2) is 7.61. The van der Waals surface area contributed by atoms with Crippen molar-refractivity contribution in [2.45, 2.75) is 0 Å². The zero-order chi connectivity index (χ0) is 18.7. The van der Waals surface area contributed by atoms with Gasteiger partial charge in [0.15, 0.2) is 0 Å². The van der Waals surface area contributed by atoms with E-state index in [0.29, 0.717) is 30.4 Å². The van der Waals surface area contributed by atoms with Gasteiger partial charge in [0.05, 0.1) is 0 Å². The molecule has 136 valence electrons. The van der Waals surface area contributed by atoms with Gasteiger partial charge in [0.25, 0.3) is 11.8 Å². The van der Waals surface area contributed by atoms with Crippen LogP contribution in [0.4, 0.5) is 14.5 Å². The number of anilines is 1. The molecule has 1 heterocycles. The fourth-order valence-electron chi connectivity index (χ4n) is 2.78. The van der Waals surface area contributed by atoms with E-state index in [9.17, 15) is 18.4 Å². The van der Waals surface area contributed by atoms with Crippen LogP contribution < -0.4 is 5.32 Å². The maximum absolute atomic E-state index is 13.2. The number of carbonyl (C=O) groups excluding carboxylic acids is 2. The topological polar surface area (TPSA) is 52.6 Å². The molecule has 0 aliphatic carbocycles. The number of piperazine rings is 1. The molecule has 1 aliphatic heterocycles. The lowest BCUT2D eigenvalue weighted by atomic mass is 10.1. The van der Waals surface area contributed by atoms with Crippen LogP contribution >= 0.6 is 0 Å². The van der Waals surface area contributed by atoms with Crippen LogP contribution in [0.3, 0.4) is 0 Å². The van der Waals surface area contributed by atoms with Crippen molar-refractivity contribution in [2.24, 2.45) is 0 Å². The summed E-state index contributed by atoms with van der Waals surface area (Å²) < 4.78 is 26.4. The van der Waals surface area contributed by atoms with Gasteiger partial charge < -0.3 is 15.1 Å². The average molecular weight is 359 g/mol. The Morgan fingerprint density at radius 2 is 1.46 bits per heavy atom. The summed E-state index contributed by atoms with van der Waals surface area (Å²) in [5.41, 5.74) is 0.860. The third-order valence-corrected chi connectivity index (χ3v) is 4.30. The number of benzene rings is 2. The smallest absolute Gasteiger partial charge is 0.255 e. The number of amides is 2. The molecule has 0 radical (unpaired) electrons. The number of carbonyl (C=O) groups is 2. The van der Waals surface area contributed by atoms with Crippen LogP contribution in [0.15, 0.2) is 42.5 Å². The summed E-state index contributed by atoms with van der Waals surface area (Å²) in [6.45, 7) is 3.03. The second-order valence-corrected chi connectivity index (χ2v) is 6.29. The van der Waals surface area contributed by atoms with Gasteiger partial charge in [-0.05, 0) is 43.4 Å². The molecule has 0 unspecified atom stereocenters. The molecular formula is C19H19F2N3O2. The number of nitrogens with one attached hydrogen (secondary N) is 1. The molecule has 1 fully saturated rings. The Hall–Kier alpha value is -2.80. The number of likely N-dealkylation sites (N-methyl/N-ethyl adjacent to an activating group) is 1. The Balaban J connectivity index is 1.65. The maximum Gasteiger partial charge on any atom is 0.255 e. The molecule has 2 aromatic carbocycles. The van der Waals surface area contributed by atoms with E-state index < -0.39 is 17.5 Å². The number of nitrogens with zero attached hydrogens (tertiary/aromatic N) is 2. The van der Waals surface area contributed by atoms with Crippen molar-refractivity contribution in [1.82, 2.24) is 9.80 Å². The van der Waals surface area contributed by atoms with Crippen LogP contribution in [0.1, 0.15) is 20.7 Å². The molecule has 0 atom stereocenters. The summed E-state index contributed by atoms with van der Waals surface area (Å²) in [6, 6.07) is 9.07. The summed E-state index contributed by atoms with van der Waals surface area (Å²) in [7, 11) is 2.02. The Labute approximate surface area is 150 Å². The van der Waals surface area contributed by atoms with Gasteiger partial charge in [-0.1, -0.05) is 0 Å². The fraction of sp³-hybridized carbons (Fsp3) is 0.263. The lowest BCUT2D eigenvalue weighted by Crippen LogP contribution is -2.47. The van der Waals surface area contributed by atoms with Gasteiger partial charge >= 0.3 is 0 Å². The van der Waals surface area contributed by atoms with Gasteiger partial charge in [-0.3, -0.25) is 9.59 Å². The lowest BCUT2D eigenvalue weighted by molar-refractivity contribution is 0.0664. The Bertz CT molecular complexity index is 796. The van der Waals surface area contributed by atoms with Gasteiger partial charge in [0.2, 0.25) is 0 Å². The molecule has 1 N–H and O–H groups in total. The Morgan fingerprint density at radius 1 is 0.885 bits per heavy atom. The highest BCUT2D eigenvalue weighted by Crippen LogP contribution is 2.15. The van der Waals surface area contributed by atoms with Gasteiger partial charge in [-0.25, -0.2) is 8.78 Å². The van der Waals surface area contributed by atoms with E-state index in [1.807, 2.05) is 7.05 Å². The second-order valence-electron chi connectivity index (χ2n) is 6.29. The molecule has 0 saturated carbocycles. The van der Waals surface area contributed by atoms with Crippen LogP contribution in [-0.2, 0) is 0 Å². The summed E-state index contributed by atoms with van der Waals surface area (Å²) in [6.07, 6.45) is 0. The van der Waals surface area contributed by atoms with Crippen molar-refractivity contribution in [1.29, 1.82) is 0 Å². The number of rotatable bonds is 3. The minimum atomic E-state index is -0.816. The average Bonchev–Trinajstić information content (AvgIpc) is 2.61. The number of hydrogen-bond donors (Lipinski definition) is 1. The van der Waals surface area contributed by atoms with E-state index in [1.165, 1.54) is 0 Å². The number of hydrogen-bond acceptors (Lipinski definition) is 3. The highest BCUT2D eigenvalue weighted by molar-refractivity contribution is 6.04. The molecule has 0 bridgehead atoms. The van der Waals surface area contributed by atoms with Gasteiger partial charge in [-0.15, -0.1) is 0 Å². The van der Waals surface area contributed by atoms with Crippen LogP contribution in [0.5, 0.6) is 0 Å². The van der Waals surface area contributed by atoms with Crippen molar-refractivity contribution in [3.63, 3.8) is 0 Å². The van der Waals surface area contributed by atoms with Crippen molar-refractivity contribution >= 4 is 17.5 Å². The van der Waals surface area contributed by atoms with Gasteiger partial charge in [0, 0.05) is 49.1 Å². The summed E-state index contributed by atoms with van der Waals surface area (Å²) in [5.74, 6) is -2.31. The lowest BCUT2D eigenvalue weighted by Gasteiger charge is -2.32. The predicted molar refractivity (Wildman–Crippen MR) is 94.2 cm³/mol. The molecule has 1 aliphatic rings. The van der Waals surface area contributed by atoms with Gasteiger partial charge in [-0.2, -0.15) is 0 Å². The van der Waals surface area contributed by atoms with E-state index in [-0.39, 0.29) is 11.5 Å². The van der Waals surface area contributed by atoms with Crippen LogP contribution in [0.25, 0.3) is 0 Å². The minimum absolute atomic E-state index is 0.0526. The van der Waals surface area contributed by atoms with E-state index >= 15 is 0 Å². The Kier molecular flexibility index (Phi) is 5.27. The van der Waals surface area contributed by atoms with E-state index in [0.717, 1.165) is 25.2 Å². The fourth-order valence-corrected chi connectivity index (χ4v) is 2.78. The molecule has 0 spiro atoms. The first-order valence-corrected chi connectivity index (χ1v) is 8.28. The zero-order valence-corrected chi connectivity index (χ0v) is 14.3. The van der Waals surface area contributed by atoms with Crippen LogP contribution in [0.2, 0.25) is 0 Å². The highest BCUT2D eigenvalue weighted by Gasteiger charge is 2.20. The van der Waals surface area contributed by atoms with Crippen molar-refractivity contribution < 1.29 is 18.4 Å². The molecular weight excluding hydrogens is 340 g/mol. The highest BCUT2D eigenvalue weighted by atomic mass is 19.1. The Morgan fingerprint density at radius 3 is 2.04 bits per heavy atom. The quantitative estimate of drug-likeness (QED) is 0.917. The predicted octanol–water partition coefficient (Wildman–Crippen LogP) is 2.60. The minimum Gasteiger partial charge on any atom is -0.336 e. The first-order chi connectivity index (χ1) is 12.4. The van der Waals surface area contributed by atoms with Crippen LogP contribution in [0, 0.1) is 11.6 Å². The first kappa shape index (κ1) is 18.0. The SMILES string of the molecule is CN1CCN(C(=O)c2ccc(NC(=O)c3cc(F)cc(F)c3)cc2)CC1. The molecule has 5 nitrogen and oxygen atoms in total. The zero-order valence-electron chi connectivity index (χ0n) is 14.3. The third-order valence-electron chi connectivity index (χ3n) is 4.30. The third kappa shape index (κ3) is 4.23. The summed E-state index contributed by atoms with van der Waals surface area (Å²) >= 11 is 0. The van der Waals surface area contributed by atoms with E-state index in [2.05, 4.69) is 10.2 Å². The first-order valence-electron chi connectivity index (χ1n) is 8.28. The standard InChI is InChI=1S/C19H19F2N3O2/c1-23-6-8-24(9-7-23)19(26)13-2-4-17(5-3-13)22-18(25)14-10-15(20)12-16(21)11-14/h2-5,10-12H,6-9H2,1H3,(H,22,25). The number of halogens is 2. The van der Waals surface area contributed by atoms with E-state index in [4.69, 9.17) is 0 Å². The molecule has 0 aromatic heterocycles. The molecule has 1 saturated heterocycles. The monoisotopic (exact) mass is 359 g/mol. The molecule has 3 rings (SSSR count). The summed E-state index contributed by atoms with van der Waals surface area (Å²) in [4.78, 5) is 28.5.